The van der Waals surface area contributed by atoms with E-state index in [1.54, 1.807) is 0 Å². The maximum absolute atomic E-state index is 7.43. The molecule has 0 saturated heterocycles. The number of fused-ring (bicyclic) bond motifs is 18. The van der Waals surface area contributed by atoms with Crippen LogP contribution in [0.3, 0.4) is 0 Å². The van der Waals surface area contributed by atoms with Crippen molar-refractivity contribution in [3.8, 4) is 89.8 Å². The SMILES string of the molecule is CC1(C)c2cccc(-c3ccc(N(c4ccc(-c5cccc6c5Oc5c(ccc7c5-c5ccccc5C7(C)C)[Si]6(C)C)cc4)c4ccc(-c5cccc6c5Sc5c(ccc7c5-c5ccccc5C7(C)C)[Si]6(C)C)cc4)cc3)c2Oc2c1ccc1c2-c2ccccc2C1(C)C. The molecule has 0 amide bonds. The van der Waals surface area contributed by atoms with Crippen molar-refractivity contribution in [3.63, 3.8) is 0 Å². The van der Waals surface area contributed by atoms with Crippen molar-refractivity contribution in [2.45, 2.75) is 113 Å². The number of hydrogen-bond donors (Lipinski definition) is 0. The minimum Gasteiger partial charge on any atom is -0.456 e. The largest absolute Gasteiger partial charge is 0.456 e. The molecule has 0 radical (unpaired) electrons. The van der Waals surface area contributed by atoms with Gasteiger partial charge in [0, 0.05) is 81.9 Å². The second kappa shape index (κ2) is 19.7. The number of benzene rings is 12. The highest BCUT2D eigenvalue weighted by Gasteiger charge is 2.47. The fraction of sp³-hybridized carbons (Fsp3) is 0.182. The summed E-state index contributed by atoms with van der Waals surface area (Å²) < 4.78 is 14.8. The molecular weight excluding hydrogens is 1190 g/mol. The summed E-state index contributed by atoms with van der Waals surface area (Å²) >= 11 is 2.00. The van der Waals surface area contributed by atoms with Crippen molar-refractivity contribution in [1.82, 2.24) is 0 Å². The summed E-state index contributed by atoms with van der Waals surface area (Å²) in [6, 6.07) is 89.7. The Morgan fingerprint density at radius 3 is 1.16 bits per heavy atom. The van der Waals surface area contributed by atoms with Gasteiger partial charge in [0.15, 0.2) is 0 Å². The first-order chi connectivity index (χ1) is 45.2. The van der Waals surface area contributed by atoms with E-state index in [9.17, 15) is 0 Å². The second-order valence-corrected chi connectivity index (χ2v) is 40.0. The smallest absolute Gasteiger partial charge is 0.139 e. The third kappa shape index (κ3) is 7.79. The van der Waals surface area contributed by atoms with Gasteiger partial charge in [0.25, 0.3) is 0 Å². The first-order valence-corrected chi connectivity index (χ1v) is 40.4. The van der Waals surface area contributed by atoms with Crippen LogP contribution in [0.25, 0.3) is 66.8 Å². The number of para-hydroxylation sites is 2. The lowest BCUT2D eigenvalue weighted by atomic mass is 9.73. The van der Waals surface area contributed by atoms with Crippen LogP contribution in [0.5, 0.6) is 23.0 Å². The van der Waals surface area contributed by atoms with Gasteiger partial charge in [-0.2, -0.15) is 0 Å². The predicted molar refractivity (Wildman–Crippen MR) is 399 cm³/mol. The van der Waals surface area contributed by atoms with Crippen LogP contribution in [0.1, 0.15) is 99.9 Å². The lowest BCUT2D eigenvalue weighted by molar-refractivity contribution is 0.420. The molecule has 6 aliphatic rings. The average molecular weight is 1270 g/mol. The van der Waals surface area contributed by atoms with Gasteiger partial charge in [0.2, 0.25) is 0 Å². The van der Waals surface area contributed by atoms with E-state index in [0.29, 0.717) is 0 Å². The van der Waals surface area contributed by atoms with Crippen molar-refractivity contribution in [3.05, 3.63) is 281 Å². The lowest BCUT2D eigenvalue weighted by Gasteiger charge is -2.37. The highest BCUT2D eigenvalue weighted by Crippen LogP contribution is 2.61. The monoisotopic (exact) mass is 1270 g/mol. The molecule has 0 atom stereocenters. The Bertz CT molecular complexity index is 4760. The second-order valence-electron chi connectivity index (χ2n) is 30.3. The van der Waals surface area contributed by atoms with Crippen LogP contribution >= 0.6 is 11.8 Å². The molecule has 6 heteroatoms. The molecule has 0 bridgehead atoms. The fourth-order valence-electron chi connectivity index (χ4n) is 17.7. The molecule has 18 rings (SSSR count). The maximum Gasteiger partial charge on any atom is 0.139 e. The molecule has 12 aromatic carbocycles. The standard InChI is InChI=1S/C88H75NO2SSi2/c1-85(2)64-28-16-13-22-61(64)76-67(85)46-47-71-81(76)90-79-58(25-19-31-70(79)88(71,7)8)52-34-40-55(41-35-52)89(56-42-36-53(37-43-56)59-26-20-32-72-80(59)91-82-73(93(72,9)10)50-48-68-77(82)62-23-14-17-29-65(62)86(68,3)4)57-44-38-54(39-45-57)60-27-21-33-74-83(60)92-84-75(94(74,11)12)51-49-69-78(84)63-24-15-18-30-66(63)87(69,5)6/h13-51H,1-12H3. The highest BCUT2D eigenvalue weighted by atomic mass is 32.2. The zero-order valence-electron chi connectivity index (χ0n) is 55.7. The molecule has 0 unspecified atom stereocenters. The van der Waals surface area contributed by atoms with E-state index in [4.69, 9.17) is 9.47 Å². The van der Waals surface area contributed by atoms with E-state index >= 15 is 0 Å². The molecule has 0 spiro atoms. The van der Waals surface area contributed by atoms with Crippen molar-refractivity contribution < 1.29 is 9.47 Å². The number of hydrogen-bond acceptors (Lipinski definition) is 4. The Morgan fingerprint density at radius 2 is 0.606 bits per heavy atom. The van der Waals surface area contributed by atoms with E-state index in [2.05, 4.69) is 323 Å². The molecule has 0 N–H and O–H groups in total. The van der Waals surface area contributed by atoms with Crippen molar-refractivity contribution in [2.75, 3.05) is 4.90 Å². The van der Waals surface area contributed by atoms with Crippen molar-refractivity contribution >= 4 is 65.7 Å². The molecule has 0 fully saturated rings. The third-order valence-electron chi connectivity index (χ3n) is 23.1. The Hall–Kier alpha value is -9.18. The highest BCUT2D eigenvalue weighted by molar-refractivity contribution is 8.00. The van der Waals surface area contributed by atoms with Crippen molar-refractivity contribution in [2.24, 2.45) is 0 Å². The molecule has 3 heterocycles. The normalized spacial score (nSPS) is 16.9. The van der Waals surface area contributed by atoms with Gasteiger partial charge in [0.1, 0.15) is 39.1 Å². The van der Waals surface area contributed by atoms with Crippen LogP contribution in [0.15, 0.2) is 246 Å². The summed E-state index contributed by atoms with van der Waals surface area (Å²) in [6.45, 7) is 29.0. The molecule has 3 nitrogen and oxygen atoms in total. The van der Waals surface area contributed by atoms with Crippen LogP contribution < -0.4 is 35.1 Å². The zero-order chi connectivity index (χ0) is 64.3. The summed E-state index contributed by atoms with van der Waals surface area (Å²) in [5, 5.41) is 5.74. The van der Waals surface area contributed by atoms with Crippen LogP contribution in [0, 0.1) is 0 Å². The minimum atomic E-state index is -2.23. The molecule has 0 aromatic heterocycles. The van der Waals surface area contributed by atoms with Gasteiger partial charge in [0.05, 0.1) is 0 Å². The number of anilines is 3. The molecule has 12 aromatic rings. The van der Waals surface area contributed by atoms with Crippen molar-refractivity contribution in [1.29, 1.82) is 0 Å². The van der Waals surface area contributed by atoms with E-state index < -0.39 is 16.1 Å². The maximum atomic E-state index is 7.43. The van der Waals surface area contributed by atoms with Gasteiger partial charge in [-0.25, -0.2) is 0 Å². The van der Waals surface area contributed by atoms with Crippen LogP contribution in [-0.4, -0.2) is 16.1 Å². The van der Waals surface area contributed by atoms with Gasteiger partial charge in [-0.3, -0.25) is 0 Å². The molecule has 0 saturated carbocycles. The first kappa shape index (κ1) is 57.5. The van der Waals surface area contributed by atoms with Crippen LogP contribution in [-0.2, 0) is 21.7 Å². The van der Waals surface area contributed by atoms with Gasteiger partial charge in [-0.05, 0) is 135 Å². The summed E-state index contributed by atoms with van der Waals surface area (Å²) in [6.07, 6.45) is 0. The summed E-state index contributed by atoms with van der Waals surface area (Å²) in [5.74, 6) is 3.94. The summed E-state index contributed by atoms with van der Waals surface area (Å²) in [7, 11) is -4.36. The number of nitrogens with zero attached hydrogens (tertiary/aromatic N) is 1. The molecule has 458 valence electrons. The van der Waals surface area contributed by atoms with Gasteiger partial charge in [-0.1, -0.05) is 294 Å². The molecule has 94 heavy (non-hydrogen) atoms. The lowest BCUT2D eigenvalue weighted by Crippen LogP contribution is -2.56. The van der Waals surface area contributed by atoms with Gasteiger partial charge >= 0.3 is 0 Å². The average Bonchev–Trinajstić information content (AvgIpc) is 1.47. The van der Waals surface area contributed by atoms with Crippen LogP contribution in [0.4, 0.5) is 17.1 Å². The zero-order valence-corrected chi connectivity index (χ0v) is 58.5. The Kier molecular flexibility index (Phi) is 12.1. The topological polar surface area (TPSA) is 21.7 Å². The predicted octanol–water partition coefficient (Wildman–Crippen LogP) is 21.7. The Labute approximate surface area is 560 Å². The van der Waals surface area contributed by atoms with E-state index in [-0.39, 0.29) is 21.7 Å². The molecule has 3 aliphatic carbocycles. The molecule has 3 aliphatic heterocycles. The van der Waals surface area contributed by atoms with E-state index in [0.717, 1.165) is 62.3 Å². The molecular formula is C88H75NO2SSi2. The Morgan fingerprint density at radius 1 is 0.266 bits per heavy atom. The number of ether oxygens (including phenoxy) is 2. The summed E-state index contributed by atoms with van der Waals surface area (Å²) in [5.41, 5.74) is 28.0. The third-order valence-corrected chi connectivity index (χ3v) is 31.8. The summed E-state index contributed by atoms with van der Waals surface area (Å²) in [4.78, 5) is 5.27. The van der Waals surface area contributed by atoms with Crippen LogP contribution in [0.2, 0.25) is 26.2 Å². The van der Waals surface area contributed by atoms with E-state index in [1.165, 1.54) is 120 Å². The minimum absolute atomic E-state index is 0.0619. The Balaban J connectivity index is 0.740. The van der Waals surface area contributed by atoms with Gasteiger partial charge in [-0.15, -0.1) is 0 Å². The quantitative estimate of drug-likeness (QED) is 0.155. The van der Waals surface area contributed by atoms with Gasteiger partial charge < -0.3 is 14.4 Å². The number of rotatable bonds is 6. The first-order valence-electron chi connectivity index (χ1n) is 33.6. The van der Waals surface area contributed by atoms with E-state index in [1.807, 2.05) is 11.8 Å². The fourth-order valence-corrected chi connectivity index (χ4v) is 26.3.